The first-order valence-electron chi connectivity index (χ1n) is 4.73. The molecule has 0 fully saturated rings. The fourth-order valence-corrected chi connectivity index (χ4v) is 4.37. The normalized spacial score (nSPS) is 13.3. The van der Waals surface area contributed by atoms with E-state index >= 15 is 0 Å². The standard InChI is InChI=1S/C10H12BrNO2S2/c1-3-5-8(4-2)12-16(13,14)10-7-6-9(11)15-10/h2,6-8,12H,3,5H2,1H3. The van der Waals surface area contributed by atoms with Gasteiger partial charge in [-0.15, -0.1) is 17.8 Å². The predicted molar refractivity (Wildman–Crippen MR) is 69.9 cm³/mol. The highest BCUT2D eigenvalue weighted by molar-refractivity contribution is 9.11. The van der Waals surface area contributed by atoms with E-state index in [0.29, 0.717) is 6.42 Å². The first-order chi connectivity index (χ1) is 7.49. The van der Waals surface area contributed by atoms with Crippen molar-refractivity contribution in [2.75, 3.05) is 0 Å². The maximum absolute atomic E-state index is 11.9. The van der Waals surface area contributed by atoms with E-state index in [2.05, 4.69) is 26.6 Å². The van der Waals surface area contributed by atoms with Gasteiger partial charge in [0.2, 0.25) is 0 Å². The minimum atomic E-state index is -3.48. The number of terminal acetylenes is 1. The molecular formula is C10H12BrNO2S2. The zero-order chi connectivity index (χ0) is 12.2. The summed E-state index contributed by atoms with van der Waals surface area (Å²) in [6.07, 6.45) is 6.75. The summed E-state index contributed by atoms with van der Waals surface area (Å²) in [5.74, 6) is 2.44. The van der Waals surface area contributed by atoms with Gasteiger partial charge in [0.1, 0.15) is 4.21 Å². The smallest absolute Gasteiger partial charge is 0.206 e. The summed E-state index contributed by atoms with van der Waals surface area (Å²) < 4.78 is 27.3. The monoisotopic (exact) mass is 321 g/mol. The maximum atomic E-state index is 11.9. The SMILES string of the molecule is C#CC(CCC)NS(=O)(=O)c1ccc(Br)s1. The number of hydrogen-bond donors (Lipinski definition) is 1. The summed E-state index contributed by atoms with van der Waals surface area (Å²) in [5.41, 5.74) is 0. The molecule has 0 saturated heterocycles. The zero-order valence-corrected chi connectivity index (χ0v) is 12.0. The van der Waals surface area contributed by atoms with Gasteiger partial charge in [-0.1, -0.05) is 19.3 Å². The summed E-state index contributed by atoms with van der Waals surface area (Å²) in [4.78, 5) is 0. The van der Waals surface area contributed by atoms with Crippen molar-refractivity contribution in [1.82, 2.24) is 4.72 Å². The third kappa shape index (κ3) is 3.59. The average Bonchev–Trinajstić information content (AvgIpc) is 2.64. The molecule has 0 amide bonds. The zero-order valence-electron chi connectivity index (χ0n) is 8.73. The fourth-order valence-electron chi connectivity index (χ4n) is 1.15. The van der Waals surface area contributed by atoms with Crippen LogP contribution in [0.15, 0.2) is 20.1 Å². The lowest BCUT2D eigenvalue weighted by atomic mass is 10.2. The van der Waals surface area contributed by atoms with Gasteiger partial charge in [-0.05, 0) is 34.5 Å². The lowest BCUT2D eigenvalue weighted by Crippen LogP contribution is -2.33. The van der Waals surface area contributed by atoms with Crippen LogP contribution in [0.2, 0.25) is 0 Å². The van der Waals surface area contributed by atoms with Gasteiger partial charge >= 0.3 is 0 Å². The Morgan fingerprint density at radius 3 is 2.75 bits per heavy atom. The third-order valence-corrected chi connectivity index (χ3v) is 5.48. The molecule has 1 aromatic heterocycles. The minimum Gasteiger partial charge on any atom is -0.206 e. The molecule has 0 bridgehead atoms. The number of hydrogen-bond acceptors (Lipinski definition) is 3. The Morgan fingerprint density at radius 1 is 1.62 bits per heavy atom. The van der Waals surface area contributed by atoms with Gasteiger partial charge in [0.05, 0.1) is 9.83 Å². The molecule has 1 aromatic rings. The van der Waals surface area contributed by atoms with Crippen molar-refractivity contribution in [2.24, 2.45) is 0 Å². The Labute approximate surface area is 108 Å². The molecule has 1 N–H and O–H groups in total. The quantitative estimate of drug-likeness (QED) is 0.847. The van der Waals surface area contributed by atoms with E-state index in [1.807, 2.05) is 6.92 Å². The molecule has 6 heteroatoms. The Morgan fingerprint density at radius 2 is 2.31 bits per heavy atom. The second-order valence-electron chi connectivity index (χ2n) is 3.19. The predicted octanol–water partition coefficient (Wildman–Crippen LogP) is 2.59. The Hall–Kier alpha value is -0.350. The van der Waals surface area contributed by atoms with Crippen molar-refractivity contribution in [3.05, 3.63) is 15.9 Å². The second kappa shape index (κ2) is 5.82. The molecule has 88 valence electrons. The van der Waals surface area contributed by atoms with E-state index in [1.165, 1.54) is 0 Å². The molecule has 0 saturated carbocycles. The van der Waals surface area contributed by atoms with Crippen molar-refractivity contribution in [1.29, 1.82) is 0 Å². The van der Waals surface area contributed by atoms with Crippen LogP contribution in [0, 0.1) is 12.3 Å². The highest BCUT2D eigenvalue weighted by Gasteiger charge is 2.19. The van der Waals surface area contributed by atoms with Crippen LogP contribution in [-0.4, -0.2) is 14.5 Å². The van der Waals surface area contributed by atoms with Crippen molar-refractivity contribution in [3.8, 4) is 12.3 Å². The second-order valence-corrected chi connectivity index (χ2v) is 7.59. The number of rotatable bonds is 5. The highest BCUT2D eigenvalue weighted by Crippen LogP contribution is 2.26. The molecule has 16 heavy (non-hydrogen) atoms. The molecule has 0 aliphatic rings. The molecule has 3 nitrogen and oxygen atoms in total. The van der Waals surface area contributed by atoms with Gasteiger partial charge in [0.15, 0.2) is 0 Å². The first-order valence-corrected chi connectivity index (χ1v) is 7.82. The van der Waals surface area contributed by atoms with Crippen LogP contribution in [0.4, 0.5) is 0 Å². The fraction of sp³-hybridized carbons (Fsp3) is 0.400. The molecule has 1 rings (SSSR count). The summed E-state index contributed by atoms with van der Waals surface area (Å²) in [6.45, 7) is 1.96. The molecule has 1 unspecified atom stereocenters. The molecule has 1 heterocycles. The van der Waals surface area contributed by atoms with Crippen LogP contribution in [0.5, 0.6) is 0 Å². The molecule has 0 aliphatic heterocycles. The van der Waals surface area contributed by atoms with Gasteiger partial charge < -0.3 is 0 Å². The van der Waals surface area contributed by atoms with Gasteiger partial charge in [-0.25, -0.2) is 8.42 Å². The first kappa shape index (κ1) is 13.7. The van der Waals surface area contributed by atoms with Crippen LogP contribution in [-0.2, 0) is 10.0 Å². The van der Waals surface area contributed by atoms with E-state index in [1.54, 1.807) is 12.1 Å². The van der Waals surface area contributed by atoms with Gasteiger partial charge in [0.25, 0.3) is 10.0 Å². The molecule has 0 aliphatic carbocycles. The van der Waals surface area contributed by atoms with Gasteiger partial charge in [-0.3, -0.25) is 0 Å². The Kier molecular flexibility index (Phi) is 4.99. The topological polar surface area (TPSA) is 46.2 Å². The van der Waals surface area contributed by atoms with Crippen LogP contribution < -0.4 is 4.72 Å². The van der Waals surface area contributed by atoms with Crippen LogP contribution in [0.1, 0.15) is 19.8 Å². The largest absolute Gasteiger partial charge is 0.251 e. The molecule has 0 radical (unpaired) electrons. The molecular weight excluding hydrogens is 310 g/mol. The van der Waals surface area contributed by atoms with E-state index in [4.69, 9.17) is 6.42 Å². The maximum Gasteiger partial charge on any atom is 0.251 e. The minimum absolute atomic E-state index is 0.274. The van der Waals surface area contributed by atoms with Crippen molar-refractivity contribution in [3.63, 3.8) is 0 Å². The molecule has 1 atom stereocenters. The van der Waals surface area contributed by atoms with E-state index in [-0.39, 0.29) is 4.21 Å². The summed E-state index contributed by atoms with van der Waals surface area (Å²) >= 11 is 4.39. The number of halogens is 1. The number of thiophene rings is 1. The molecule has 0 spiro atoms. The van der Waals surface area contributed by atoms with Crippen molar-refractivity contribution < 1.29 is 8.42 Å². The lowest BCUT2D eigenvalue weighted by molar-refractivity contribution is 0.566. The van der Waals surface area contributed by atoms with E-state index in [0.717, 1.165) is 21.5 Å². The van der Waals surface area contributed by atoms with Crippen molar-refractivity contribution >= 4 is 37.3 Å². The lowest BCUT2D eigenvalue weighted by Gasteiger charge is -2.10. The van der Waals surface area contributed by atoms with E-state index < -0.39 is 16.1 Å². The summed E-state index contributed by atoms with van der Waals surface area (Å²) in [6, 6.07) is 2.82. The van der Waals surface area contributed by atoms with Crippen molar-refractivity contribution in [2.45, 2.75) is 30.0 Å². The van der Waals surface area contributed by atoms with Crippen LogP contribution in [0.3, 0.4) is 0 Å². The average molecular weight is 322 g/mol. The highest BCUT2D eigenvalue weighted by atomic mass is 79.9. The van der Waals surface area contributed by atoms with Crippen LogP contribution >= 0.6 is 27.3 Å². The third-order valence-electron chi connectivity index (χ3n) is 1.89. The Bertz CT molecular complexity index is 487. The van der Waals surface area contributed by atoms with E-state index in [9.17, 15) is 8.42 Å². The number of sulfonamides is 1. The summed E-state index contributed by atoms with van der Waals surface area (Å²) in [7, 11) is -3.48. The van der Waals surface area contributed by atoms with Gasteiger partial charge in [0, 0.05) is 0 Å². The molecule has 0 aromatic carbocycles. The summed E-state index contributed by atoms with van der Waals surface area (Å²) in [5, 5.41) is 0. The number of nitrogens with one attached hydrogen (secondary N) is 1. The van der Waals surface area contributed by atoms with Crippen LogP contribution in [0.25, 0.3) is 0 Å². The Balaban J connectivity index is 2.84. The van der Waals surface area contributed by atoms with Gasteiger partial charge in [-0.2, -0.15) is 4.72 Å².